The molecule has 2 fully saturated rings. The molecule has 3 rings (SSSR count). The number of carbonyl (C=O) groups excluding carboxylic acids is 1. The van der Waals surface area contributed by atoms with Crippen LogP contribution in [0.2, 0.25) is 0 Å². The first-order chi connectivity index (χ1) is 10.6. The highest BCUT2D eigenvalue weighted by molar-refractivity contribution is 5.76. The number of amides is 2. The Labute approximate surface area is 129 Å². The summed E-state index contributed by atoms with van der Waals surface area (Å²) in [5, 5.41) is 20.7. The third kappa shape index (κ3) is 2.45. The first-order valence-corrected chi connectivity index (χ1v) is 7.65. The Morgan fingerprint density at radius 1 is 1.32 bits per heavy atom. The first kappa shape index (κ1) is 14.6. The van der Waals surface area contributed by atoms with E-state index in [1.807, 2.05) is 18.7 Å². The molecule has 22 heavy (non-hydrogen) atoms. The van der Waals surface area contributed by atoms with E-state index in [1.165, 1.54) is 0 Å². The summed E-state index contributed by atoms with van der Waals surface area (Å²) >= 11 is 0. The molecule has 3 heterocycles. The quantitative estimate of drug-likeness (QED) is 0.879. The van der Waals surface area contributed by atoms with E-state index >= 15 is 0 Å². The summed E-state index contributed by atoms with van der Waals surface area (Å²) < 4.78 is 0. The molecule has 1 atom stereocenters. The second kappa shape index (κ2) is 5.79. The van der Waals surface area contributed by atoms with Gasteiger partial charge in [-0.1, -0.05) is 0 Å². The highest BCUT2D eigenvalue weighted by Crippen LogP contribution is 2.26. The monoisotopic (exact) mass is 300 g/mol. The van der Waals surface area contributed by atoms with Gasteiger partial charge in [0, 0.05) is 26.2 Å². The Hall–Kier alpha value is -2.36. The van der Waals surface area contributed by atoms with Gasteiger partial charge in [0.15, 0.2) is 5.82 Å². The van der Waals surface area contributed by atoms with Crippen LogP contribution in [-0.4, -0.2) is 53.3 Å². The largest absolute Gasteiger partial charge is 0.352 e. The molecule has 2 aliphatic rings. The number of anilines is 1. The van der Waals surface area contributed by atoms with E-state index in [9.17, 15) is 10.1 Å². The minimum absolute atomic E-state index is 0.0125. The maximum Gasteiger partial charge on any atom is 0.317 e. The van der Waals surface area contributed by atoms with Crippen molar-refractivity contribution in [3.05, 3.63) is 16.8 Å². The van der Waals surface area contributed by atoms with Gasteiger partial charge in [-0.05, 0) is 32.3 Å². The molecule has 0 saturated carbocycles. The fourth-order valence-electron chi connectivity index (χ4n) is 3.19. The molecule has 0 unspecified atom stereocenters. The summed E-state index contributed by atoms with van der Waals surface area (Å²) in [4.78, 5) is 15.8. The molecule has 1 aromatic heterocycles. The van der Waals surface area contributed by atoms with E-state index in [1.54, 1.807) is 0 Å². The van der Waals surface area contributed by atoms with E-state index in [0.29, 0.717) is 24.5 Å². The number of rotatable bonds is 2. The van der Waals surface area contributed by atoms with Gasteiger partial charge in [0.25, 0.3) is 0 Å². The smallest absolute Gasteiger partial charge is 0.317 e. The normalized spacial score (nSPS) is 21.7. The third-order valence-corrected chi connectivity index (χ3v) is 4.57. The maximum atomic E-state index is 11.9. The van der Waals surface area contributed by atoms with Crippen LogP contribution < -0.4 is 10.2 Å². The zero-order valence-corrected chi connectivity index (χ0v) is 13.0. The number of nitrogens with one attached hydrogen (secondary N) is 1. The number of urea groups is 1. The molecule has 0 spiro atoms. The van der Waals surface area contributed by atoms with Crippen LogP contribution in [0.15, 0.2) is 0 Å². The summed E-state index contributed by atoms with van der Waals surface area (Å²) in [7, 11) is 0. The van der Waals surface area contributed by atoms with Crippen LogP contribution in [0, 0.1) is 25.2 Å². The number of aromatic nitrogens is 2. The van der Waals surface area contributed by atoms with E-state index in [-0.39, 0.29) is 12.1 Å². The van der Waals surface area contributed by atoms with Crippen molar-refractivity contribution in [2.45, 2.75) is 32.7 Å². The van der Waals surface area contributed by atoms with Gasteiger partial charge in [-0.2, -0.15) is 10.4 Å². The summed E-state index contributed by atoms with van der Waals surface area (Å²) in [6.07, 6.45) is 1.97. The molecule has 0 bridgehead atoms. The number of hydrogen-bond donors (Lipinski definition) is 1. The van der Waals surface area contributed by atoms with Crippen LogP contribution in [0.3, 0.4) is 0 Å². The summed E-state index contributed by atoms with van der Waals surface area (Å²) in [5.74, 6) is 0.648. The van der Waals surface area contributed by atoms with Gasteiger partial charge in [0.05, 0.1) is 11.7 Å². The van der Waals surface area contributed by atoms with Gasteiger partial charge >= 0.3 is 6.03 Å². The Morgan fingerprint density at radius 3 is 2.82 bits per heavy atom. The van der Waals surface area contributed by atoms with Crippen molar-refractivity contribution in [1.82, 2.24) is 20.4 Å². The molecule has 7 heteroatoms. The number of carbonyl (C=O) groups is 1. The molecule has 1 aromatic rings. The lowest BCUT2D eigenvalue weighted by Gasteiger charge is -2.37. The highest BCUT2D eigenvalue weighted by atomic mass is 16.2. The predicted octanol–water partition coefficient (Wildman–Crippen LogP) is 0.959. The first-order valence-electron chi connectivity index (χ1n) is 7.65. The van der Waals surface area contributed by atoms with Crippen molar-refractivity contribution < 1.29 is 4.79 Å². The molecule has 2 saturated heterocycles. The maximum absolute atomic E-state index is 11.9. The summed E-state index contributed by atoms with van der Waals surface area (Å²) in [5.41, 5.74) is 2.26. The molecular formula is C15H20N6O. The number of piperidine rings is 1. The minimum atomic E-state index is 0.0125. The number of nitrogens with zero attached hydrogens (tertiary/aromatic N) is 5. The SMILES string of the molecule is Cc1nnc(N2CCC[C@@H](N3CCNC3=O)C2)c(C#N)c1C. The lowest BCUT2D eigenvalue weighted by atomic mass is 10.0. The van der Waals surface area contributed by atoms with Gasteiger partial charge in [0.1, 0.15) is 11.6 Å². The second-order valence-corrected chi connectivity index (χ2v) is 5.89. The predicted molar refractivity (Wildman–Crippen MR) is 81.6 cm³/mol. The summed E-state index contributed by atoms with van der Waals surface area (Å²) in [6.45, 7) is 6.78. The number of hydrogen-bond acceptors (Lipinski definition) is 5. The Kier molecular flexibility index (Phi) is 3.84. The van der Waals surface area contributed by atoms with Crippen molar-refractivity contribution in [2.75, 3.05) is 31.1 Å². The van der Waals surface area contributed by atoms with Crippen molar-refractivity contribution in [3.8, 4) is 6.07 Å². The molecule has 0 aliphatic carbocycles. The van der Waals surface area contributed by atoms with Crippen LogP contribution in [-0.2, 0) is 0 Å². The van der Waals surface area contributed by atoms with Gasteiger partial charge in [0.2, 0.25) is 0 Å². The number of nitriles is 1. The van der Waals surface area contributed by atoms with E-state index in [2.05, 4.69) is 26.5 Å². The lowest BCUT2D eigenvalue weighted by Crippen LogP contribution is -2.49. The molecule has 2 aliphatic heterocycles. The van der Waals surface area contributed by atoms with Crippen LogP contribution in [0.5, 0.6) is 0 Å². The molecule has 7 nitrogen and oxygen atoms in total. The fourth-order valence-corrected chi connectivity index (χ4v) is 3.19. The second-order valence-electron chi connectivity index (χ2n) is 5.89. The van der Waals surface area contributed by atoms with Gasteiger partial charge < -0.3 is 15.1 Å². The van der Waals surface area contributed by atoms with Crippen molar-refractivity contribution in [1.29, 1.82) is 5.26 Å². The average molecular weight is 300 g/mol. The van der Waals surface area contributed by atoms with Crippen LogP contribution in [0.1, 0.15) is 29.7 Å². The Morgan fingerprint density at radius 2 is 2.14 bits per heavy atom. The topological polar surface area (TPSA) is 85.2 Å². The van der Waals surface area contributed by atoms with Crippen LogP contribution in [0.25, 0.3) is 0 Å². The Bertz CT molecular complexity index is 638. The molecular weight excluding hydrogens is 280 g/mol. The van der Waals surface area contributed by atoms with Crippen molar-refractivity contribution >= 4 is 11.8 Å². The third-order valence-electron chi connectivity index (χ3n) is 4.57. The molecule has 0 radical (unpaired) electrons. The standard InChI is InChI=1S/C15H20N6O/c1-10-11(2)18-19-14(13(10)8-16)20-6-3-4-12(9-20)21-7-5-17-15(21)22/h12H,3-7,9H2,1-2H3,(H,17,22)/t12-/m1/s1. The van der Waals surface area contributed by atoms with Gasteiger partial charge in [-0.3, -0.25) is 0 Å². The molecule has 0 aromatic carbocycles. The van der Waals surface area contributed by atoms with Gasteiger partial charge in [-0.15, -0.1) is 5.10 Å². The van der Waals surface area contributed by atoms with Crippen LogP contribution in [0.4, 0.5) is 10.6 Å². The molecule has 2 amide bonds. The van der Waals surface area contributed by atoms with E-state index in [4.69, 9.17) is 0 Å². The van der Waals surface area contributed by atoms with E-state index < -0.39 is 0 Å². The Balaban J connectivity index is 1.85. The van der Waals surface area contributed by atoms with Crippen molar-refractivity contribution in [2.24, 2.45) is 0 Å². The average Bonchev–Trinajstić information content (AvgIpc) is 2.96. The zero-order chi connectivity index (χ0) is 15.7. The minimum Gasteiger partial charge on any atom is -0.352 e. The highest BCUT2D eigenvalue weighted by Gasteiger charge is 2.32. The zero-order valence-electron chi connectivity index (χ0n) is 13.0. The van der Waals surface area contributed by atoms with Gasteiger partial charge in [-0.25, -0.2) is 4.79 Å². The lowest BCUT2D eigenvalue weighted by molar-refractivity contribution is 0.189. The van der Waals surface area contributed by atoms with Crippen molar-refractivity contribution in [3.63, 3.8) is 0 Å². The van der Waals surface area contributed by atoms with Crippen LogP contribution >= 0.6 is 0 Å². The summed E-state index contributed by atoms with van der Waals surface area (Å²) in [6, 6.07) is 2.44. The number of aryl methyl sites for hydroxylation is 1. The van der Waals surface area contributed by atoms with E-state index in [0.717, 1.165) is 37.2 Å². The fraction of sp³-hybridized carbons (Fsp3) is 0.600. The molecule has 116 valence electrons. The molecule has 1 N–H and O–H groups in total.